The summed E-state index contributed by atoms with van der Waals surface area (Å²) in [5.74, 6) is -2.77. The van der Waals surface area contributed by atoms with E-state index in [1.54, 1.807) is 0 Å². The minimum Gasteiger partial charge on any atom is -0.325 e. The predicted molar refractivity (Wildman–Crippen MR) is 82.9 cm³/mol. The summed E-state index contributed by atoms with van der Waals surface area (Å²) in [4.78, 5) is 9.89. The zero-order valence-corrected chi connectivity index (χ0v) is 13.3. The lowest BCUT2D eigenvalue weighted by Gasteiger charge is -2.11. The van der Waals surface area contributed by atoms with E-state index in [1.165, 1.54) is 25.1 Å². The average Bonchev–Trinajstić information content (AvgIpc) is 2.40. The maximum absolute atomic E-state index is 13.6. The fraction of sp³-hybridized carbons (Fsp3) is 0.0714. The first-order chi connectivity index (χ1) is 10.7. The summed E-state index contributed by atoms with van der Waals surface area (Å²) in [6.45, 7) is 1.29. The Morgan fingerprint density at radius 3 is 2.26 bits per heavy atom. The molecule has 0 saturated carbocycles. The third kappa shape index (κ3) is 3.96. The number of halogens is 3. The second-order valence-electron chi connectivity index (χ2n) is 4.53. The van der Waals surface area contributed by atoms with Crippen LogP contribution in [0.4, 0.5) is 20.2 Å². The van der Waals surface area contributed by atoms with Gasteiger partial charge >= 0.3 is 0 Å². The van der Waals surface area contributed by atoms with Crippen LogP contribution in [0.1, 0.15) is 6.92 Å². The van der Waals surface area contributed by atoms with Crippen LogP contribution in [0, 0.1) is 11.6 Å². The molecule has 0 aliphatic carbocycles. The lowest BCUT2D eigenvalue weighted by atomic mass is 10.3. The Kier molecular flexibility index (Phi) is 4.86. The molecular formula is C14H11ClF2N2O3S. The smallest absolute Gasteiger partial charge is 0.267 e. The van der Waals surface area contributed by atoms with Crippen LogP contribution < -0.4 is 10.0 Å². The molecule has 2 aromatic carbocycles. The molecule has 0 spiro atoms. The van der Waals surface area contributed by atoms with E-state index in [2.05, 4.69) is 5.32 Å². The number of amides is 1. The summed E-state index contributed by atoms with van der Waals surface area (Å²) in [5.41, 5.74) is 0.269. The molecule has 0 radical (unpaired) electrons. The number of sulfonamides is 1. The Balaban J connectivity index is 2.35. The monoisotopic (exact) mass is 360 g/mol. The van der Waals surface area contributed by atoms with E-state index in [0.717, 1.165) is 18.2 Å². The highest BCUT2D eigenvalue weighted by Gasteiger charge is 2.24. The van der Waals surface area contributed by atoms with Crippen molar-refractivity contribution in [1.29, 1.82) is 0 Å². The van der Waals surface area contributed by atoms with Crippen LogP contribution in [-0.4, -0.2) is 14.3 Å². The molecule has 0 aliphatic heterocycles. The molecule has 23 heavy (non-hydrogen) atoms. The van der Waals surface area contributed by atoms with Crippen LogP contribution in [0.25, 0.3) is 0 Å². The minimum absolute atomic E-state index is 0.00763. The Labute approximate surface area is 136 Å². The van der Waals surface area contributed by atoms with Gasteiger partial charge < -0.3 is 5.32 Å². The number of hydrogen-bond acceptors (Lipinski definition) is 3. The lowest BCUT2D eigenvalue weighted by molar-refractivity contribution is -0.114. The molecule has 0 atom stereocenters. The summed E-state index contributed by atoms with van der Waals surface area (Å²) in [5, 5.41) is 2.51. The first-order valence-electron chi connectivity index (χ1n) is 6.24. The van der Waals surface area contributed by atoms with Gasteiger partial charge in [-0.15, -0.1) is 0 Å². The van der Waals surface area contributed by atoms with E-state index in [-0.39, 0.29) is 22.3 Å². The molecule has 2 rings (SSSR count). The van der Waals surface area contributed by atoms with Gasteiger partial charge in [-0.1, -0.05) is 17.7 Å². The first-order valence-corrected chi connectivity index (χ1v) is 8.11. The molecule has 1 amide bonds. The maximum Gasteiger partial charge on any atom is 0.267 e. The highest BCUT2D eigenvalue weighted by atomic mass is 35.5. The normalized spacial score (nSPS) is 11.1. The number of carbonyl (C=O) groups excluding carboxylic acids is 1. The summed E-state index contributed by atoms with van der Waals surface area (Å²) in [6.07, 6.45) is 0. The van der Waals surface area contributed by atoms with Crippen LogP contribution in [-0.2, 0) is 14.8 Å². The highest BCUT2D eigenvalue weighted by molar-refractivity contribution is 7.92. The number of anilines is 2. The topological polar surface area (TPSA) is 75.3 Å². The summed E-state index contributed by atoms with van der Waals surface area (Å²) >= 11 is 5.91. The molecule has 0 bridgehead atoms. The van der Waals surface area contributed by atoms with Gasteiger partial charge in [-0.3, -0.25) is 9.52 Å². The lowest BCUT2D eigenvalue weighted by Crippen LogP contribution is -2.16. The maximum atomic E-state index is 13.6. The Morgan fingerprint density at radius 2 is 1.74 bits per heavy atom. The highest BCUT2D eigenvalue weighted by Crippen LogP contribution is 2.28. The van der Waals surface area contributed by atoms with Crippen molar-refractivity contribution in [3.8, 4) is 0 Å². The van der Waals surface area contributed by atoms with Gasteiger partial charge in [0.1, 0.15) is 11.6 Å². The second kappa shape index (κ2) is 6.51. The van der Waals surface area contributed by atoms with E-state index >= 15 is 0 Å². The van der Waals surface area contributed by atoms with Crippen molar-refractivity contribution in [2.45, 2.75) is 11.8 Å². The Morgan fingerprint density at radius 1 is 1.13 bits per heavy atom. The molecule has 0 aliphatic rings. The third-order valence-electron chi connectivity index (χ3n) is 2.72. The van der Waals surface area contributed by atoms with E-state index < -0.39 is 26.6 Å². The van der Waals surface area contributed by atoms with Gasteiger partial charge in [0, 0.05) is 6.92 Å². The molecule has 0 heterocycles. The Bertz CT molecular complexity index is 852. The SMILES string of the molecule is CC(=O)Nc1ccc(NS(=O)(=O)c2c(F)cccc2F)cc1Cl. The number of hydrogen-bond donors (Lipinski definition) is 2. The Hall–Kier alpha value is -2.19. The summed E-state index contributed by atoms with van der Waals surface area (Å²) in [6, 6.07) is 6.60. The van der Waals surface area contributed by atoms with E-state index in [1.807, 2.05) is 4.72 Å². The fourth-order valence-electron chi connectivity index (χ4n) is 1.82. The van der Waals surface area contributed by atoms with Gasteiger partial charge in [0.25, 0.3) is 10.0 Å². The minimum atomic E-state index is -4.47. The van der Waals surface area contributed by atoms with Gasteiger partial charge in [-0.2, -0.15) is 0 Å². The average molecular weight is 361 g/mol. The number of nitrogens with one attached hydrogen (secondary N) is 2. The first kappa shape index (κ1) is 17.2. The van der Waals surface area contributed by atoms with Crippen molar-refractivity contribution >= 4 is 38.9 Å². The molecule has 0 unspecified atom stereocenters. The number of rotatable bonds is 4. The standard InChI is InChI=1S/C14H11ClF2N2O3S/c1-8(20)18-13-6-5-9(7-10(13)15)19-23(21,22)14-11(16)3-2-4-12(14)17/h2-7,19H,1H3,(H,18,20). The van der Waals surface area contributed by atoms with Crippen molar-refractivity contribution in [2.24, 2.45) is 0 Å². The molecule has 5 nitrogen and oxygen atoms in total. The predicted octanol–water partition coefficient (Wildman–Crippen LogP) is 3.38. The van der Waals surface area contributed by atoms with Gasteiger partial charge in [0.05, 0.1) is 16.4 Å². The number of benzene rings is 2. The quantitative estimate of drug-likeness (QED) is 0.877. The van der Waals surface area contributed by atoms with Gasteiger partial charge in [0.15, 0.2) is 4.90 Å². The van der Waals surface area contributed by atoms with Gasteiger partial charge in [-0.25, -0.2) is 17.2 Å². The van der Waals surface area contributed by atoms with Crippen LogP contribution >= 0.6 is 11.6 Å². The number of carbonyl (C=O) groups is 1. The second-order valence-corrected chi connectivity index (χ2v) is 6.56. The van der Waals surface area contributed by atoms with Crippen LogP contribution in [0.3, 0.4) is 0 Å². The zero-order chi connectivity index (χ0) is 17.2. The van der Waals surface area contributed by atoms with E-state index in [0.29, 0.717) is 0 Å². The van der Waals surface area contributed by atoms with E-state index in [4.69, 9.17) is 11.6 Å². The van der Waals surface area contributed by atoms with Gasteiger partial charge in [0.2, 0.25) is 5.91 Å². The molecule has 0 aromatic heterocycles. The van der Waals surface area contributed by atoms with E-state index in [9.17, 15) is 22.0 Å². The molecule has 2 aromatic rings. The van der Waals surface area contributed by atoms with Crippen molar-refractivity contribution in [3.05, 3.63) is 53.1 Å². The summed E-state index contributed by atoms with van der Waals surface area (Å²) < 4.78 is 53.5. The van der Waals surface area contributed by atoms with Crippen LogP contribution in [0.5, 0.6) is 0 Å². The van der Waals surface area contributed by atoms with Crippen LogP contribution in [0.2, 0.25) is 5.02 Å². The van der Waals surface area contributed by atoms with Gasteiger partial charge in [-0.05, 0) is 30.3 Å². The zero-order valence-electron chi connectivity index (χ0n) is 11.7. The largest absolute Gasteiger partial charge is 0.325 e. The van der Waals surface area contributed by atoms with Crippen molar-refractivity contribution in [2.75, 3.05) is 10.0 Å². The molecular weight excluding hydrogens is 350 g/mol. The molecule has 9 heteroatoms. The fourth-order valence-corrected chi connectivity index (χ4v) is 3.23. The molecule has 0 fully saturated rings. The van der Waals surface area contributed by atoms with Crippen molar-refractivity contribution < 1.29 is 22.0 Å². The third-order valence-corrected chi connectivity index (χ3v) is 4.46. The molecule has 0 saturated heterocycles. The van der Waals surface area contributed by atoms with Crippen molar-refractivity contribution in [1.82, 2.24) is 0 Å². The van der Waals surface area contributed by atoms with Crippen molar-refractivity contribution in [3.63, 3.8) is 0 Å². The molecule has 122 valence electrons. The van der Waals surface area contributed by atoms with Crippen LogP contribution in [0.15, 0.2) is 41.3 Å². The molecule has 2 N–H and O–H groups in total. The summed E-state index contributed by atoms with van der Waals surface area (Å²) in [7, 11) is -4.47.